The molecule has 2 heterocycles. The second-order valence-corrected chi connectivity index (χ2v) is 8.10. The van der Waals surface area contributed by atoms with Crippen LogP contribution in [0.5, 0.6) is 0 Å². The van der Waals surface area contributed by atoms with Gasteiger partial charge in [0.2, 0.25) is 11.8 Å². The Balaban J connectivity index is 1.41. The molecule has 2 saturated heterocycles. The summed E-state index contributed by atoms with van der Waals surface area (Å²) in [6.07, 6.45) is -0.0344. The van der Waals surface area contributed by atoms with Crippen LogP contribution in [0.2, 0.25) is 5.02 Å². The van der Waals surface area contributed by atoms with E-state index in [4.69, 9.17) is 11.6 Å². The van der Waals surface area contributed by atoms with Gasteiger partial charge in [-0.3, -0.25) is 14.4 Å². The number of hydrogen-bond acceptors (Lipinski definition) is 4. The summed E-state index contributed by atoms with van der Waals surface area (Å²) in [6, 6.07) is 16.0. The first-order valence-corrected chi connectivity index (χ1v) is 10.8. The molecular weight excluding hydrogens is 416 g/mol. The molecule has 0 bridgehead atoms. The van der Waals surface area contributed by atoms with Crippen LogP contribution in [-0.2, 0) is 9.59 Å². The van der Waals surface area contributed by atoms with E-state index in [9.17, 15) is 14.4 Å². The molecule has 1 atom stereocenters. The van der Waals surface area contributed by atoms with E-state index in [1.807, 2.05) is 18.2 Å². The molecule has 2 aromatic rings. The van der Waals surface area contributed by atoms with Gasteiger partial charge in [0.15, 0.2) is 0 Å². The maximum atomic E-state index is 13.1. The van der Waals surface area contributed by atoms with Gasteiger partial charge in [0, 0.05) is 45.0 Å². The molecular formula is C23H25ClN4O3. The van der Waals surface area contributed by atoms with Crippen molar-refractivity contribution in [3.8, 4) is 0 Å². The van der Waals surface area contributed by atoms with Crippen molar-refractivity contribution in [2.45, 2.75) is 12.5 Å². The number of amides is 3. The highest BCUT2D eigenvalue weighted by atomic mass is 35.5. The summed E-state index contributed by atoms with van der Waals surface area (Å²) in [5, 5.41) is 3.11. The third kappa shape index (κ3) is 4.66. The zero-order valence-electron chi connectivity index (χ0n) is 17.2. The van der Waals surface area contributed by atoms with Gasteiger partial charge in [-0.2, -0.15) is 0 Å². The van der Waals surface area contributed by atoms with Crippen LogP contribution in [-0.4, -0.2) is 72.8 Å². The molecule has 3 amide bonds. The van der Waals surface area contributed by atoms with Gasteiger partial charge in [-0.05, 0) is 24.3 Å². The highest BCUT2D eigenvalue weighted by Crippen LogP contribution is 2.22. The largest absolute Gasteiger partial charge is 0.368 e. The summed E-state index contributed by atoms with van der Waals surface area (Å²) < 4.78 is 0. The van der Waals surface area contributed by atoms with Crippen LogP contribution in [0.4, 0.5) is 5.69 Å². The molecule has 4 rings (SSSR count). The summed E-state index contributed by atoms with van der Waals surface area (Å²) in [6.45, 7) is 3.33. The number of rotatable bonds is 4. The Hall–Kier alpha value is -3.06. The van der Waals surface area contributed by atoms with Crippen LogP contribution in [0.15, 0.2) is 54.6 Å². The van der Waals surface area contributed by atoms with Crippen molar-refractivity contribution in [2.24, 2.45) is 0 Å². The first kappa shape index (κ1) is 21.2. The first-order chi connectivity index (χ1) is 15.0. The van der Waals surface area contributed by atoms with Crippen LogP contribution in [0.1, 0.15) is 16.8 Å². The zero-order chi connectivity index (χ0) is 21.8. The monoisotopic (exact) mass is 440 g/mol. The molecule has 0 saturated carbocycles. The average molecular weight is 441 g/mol. The molecule has 1 N–H and O–H groups in total. The first-order valence-electron chi connectivity index (χ1n) is 10.5. The fraction of sp³-hybridized carbons (Fsp3) is 0.348. The van der Waals surface area contributed by atoms with Crippen molar-refractivity contribution < 1.29 is 14.4 Å². The van der Waals surface area contributed by atoms with Gasteiger partial charge in [-0.1, -0.05) is 41.9 Å². The minimum atomic E-state index is -0.836. The average Bonchev–Trinajstić information content (AvgIpc) is 2.81. The van der Waals surface area contributed by atoms with Crippen molar-refractivity contribution in [3.63, 3.8) is 0 Å². The molecule has 2 aliphatic heterocycles. The van der Waals surface area contributed by atoms with Crippen LogP contribution >= 0.6 is 11.6 Å². The minimum absolute atomic E-state index is 0.0344. The molecule has 0 aliphatic carbocycles. The van der Waals surface area contributed by atoms with E-state index >= 15 is 0 Å². The Morgan fingerprint density at radius 1 is 0.935 bits per heavy atom. The Kier molecular flexibility index (Phi) is 6.42. The fourth-order valence-electron chi connectivity index (χ4n) is 4.10. The highest BCUT2D eigenvalue weighted by molar-refractivity contribution is 6.33. The number of para-hydroxylation sites is 1. The molecule has 2 aliphatic rings. The number of nitrogens with zero attached hydrogens (tertiary/aromatic N) is 3. The lowest BCUT2D eigenvalue weighted by molar-refractivity contribution is -0.138. The minimum Gasteiger partial charge on any atom is -0.368 e. The molecule has 0 aromatic heterocycles. The summed E-state index contributed by atoms with van der Waals surface area (Å²) in [7, 11) is 0. The third-order valence-electron chi connectivity index (χ3n) is 5.82. The van der Waals surface area contributed by atoms with Crippen LogP contribution in [0.3, 0.4) is 0 Å². The third-order valence-corrected chi connectivity index (χ3v) is 6.15. The van der Waals surface area contributed by atoms with Crippen molar-refractivity contribution in [1.82, 2.24) is 15.1 Å². The number of anilines is 1. The predicted octanol–water partition coefficient (Wildman–Crippen LogP) is 2.02. The van der Waals surface area contributed by atoms with Gasteiger partial charge >= 0.3 is 0 Å². The molecule has 0 spiro atoms. The quantitative estimate of drug-likeness (QED) is 0.789. The summed E-state index contributed by atoms with van der Waals surface area (Å²) >= 11 is 6.19. The van der Waals surface area contributed by atoms with Gasteiger partial charge in [0.1, 0.15) is 6.04 Å². The number of carbonyl (C=O) groups excluding carboxylic acids is 3. The predicted molar refractivity (Wildman–Crippen MR) is 119 cm³/mol. The molecule has 8 heteroatoms. The van der Waals surface area contributed by atoms with Gasteiger partial charge in [-0.15, -0.1) is 0 Å². The van der Waals surface area contributed by atoms with E-state index in [1.165, 1.54) is 4.90 Å². The Morgan fingerprint density at radius 2 is 1.61 bits per heavy atom. The highest BCUT2D eigenvalue weighted by Gasteiger charge is 2.37. The lowest BCUT2D eigenvalue weighted by Gasteiger charge is -2.39. The van der Waals surface area contributed by atoms with Crippen molar-refractivity contribution in [2.75, 3.05) is 44.2 Å². The fourth-order valence-corrected chi connectivity index (χ4v) is 4.31. The molecule has 2 fully saturated rings. The lowest BCUT2D eigenvalue weighted by Crippen LogP contribution is -2.59. The smallest absolute Gasteiger partial charge is 0.256 e. The van der Waals surface area contributed by atoms with Crippen molar-refractivity contribution in [1.29, 1.82) is 0 Å². The van der Waals surface area contributed by atoms with Crippen molar-refractivity contribution >= 4 is 35.0 Å². The zero-order valence-corrected chi connectivity index (χ0v) is 17.9. The van der Waals surface area contributed by atoms with Crippen LogP contribution in [0.25, 0.3) is 0 Å². The van der Waals surface area contributed by atoms with Gasteiger partial charge in [0.25, 0.3) is 5.91 Å². The Morgan fingerprint density at radius 3 is 2.32 bits per heavy atom. The summed E-state index contributed by atoms with van der Waals surface area (Å²) in [5.41, 5.74) is 1.48. The maximum Gasteiger partial charge on any atom is 0.256 e. The summed E-state index contributed by atoms with van der Waals surface area (Å²) in [4.78, 5) is 44.1. The number of halogens is 1. The second-order valence-electron chi connectivity index (χ2n) is 7.69. The lowest BCUT2D eigenvalue weighted by atomic mass is 10.0. The normalized spacial score (nSPS) is 19.2. The van der Waals surface area contributed by atoms with E-state index in [0.29, 0.717) is 36.8 Å². The maximum absolute atomic E-state index is 13.1. The van der Waals surface area contributed by atoms with Gasteiger partial charge in [0.05, 0.1) is 17.0 Å². The molecule has 0 radical (unpaired) electrons. The van der Waals surface area contributed by atoms with Crippen LogP contribution in [0, 0.1) is 0 Å². The van der Waals surface area contributed by atoms with E-state index in [2.05, 4.69) is 22.3 Å². The van der Waals surface area contributed by atoms with Gasteiger partial charge in [-0.25, -0.2) is 0 Å². The van der Waals surface area contributed by atoms with Gasteiger partial charge < -0.3 is 20.0 Å². The SMILES string of the molecule is O=C1NCCN(C(=O)c2ccccc2Cl)C1CC(=O)N1CCN(c2ccccc2)CC1. The second kappa shape index (κ2) is 9.39. The van der Waals surface area contributed by atoms with Crippen molar-refractivity contribution in [3.05, 3.63) is 65.2 Å². The molecule has 162 valence electrons. The number of piperazine rings is 2. The van der Waals surface area contributed by atoms with E-state index < -0.39 is 6.04 Å². The number of nitrogens with one attached hydrogen (secondary N) is 1. The molecule has 1 unspecified atom stereocenters. The van der Waals surface area contributed by atoms with E-state index in [-0.39, 0.29) is 24.1 Å². The molecule has 7 nitrogen and oxygen atoms in total. The molecule has 31 heavy (non-hydrogen) atoms. The number of carbonyl (C=O) groups is 3. The standard InChI is InChI=1S/C23H25ClN4O3/c24-19-9-5-4-8-18(19)23(31)28-11-10-25-22(30)20(28)16-21(29)27-14-12-26(13-15-27)17-6-2-1-3-7-17/h1-9,20H,10-16H2,(H,25,30). The number of benzene rings is 2. The Labute approximate surface area is 186 Å². The van der Waals surface area contributed by atoms with Crippen LogP contribution < -0.4 is 10.2 Å². The van der Waals surface area contributed by atoms with E-state index in [1.54, 1.807) is 29.2 Å². The van der Waals surface area contributed by atoms with E-state index in [0.717, 1.165) is 18.8 Å². The Bertz CT molecular complexity index is 960. The topological polar surface area (TPSA) is 73.0 Å². The summed E-state index contributed by atoms with van der Waals surface area (Å²) in [5.74, 6) is -0.748. The molecule has 2 aromatic carbocycles. The number of hydrogen-bond donors (Lipinski definition) is 1.